The topological polar surface area (TPSA) is 64.4 Å². The highest BCUT2D eigenvalue weighted by molar-refractivity contribution is 7.89. The van der Waals surface area contributed by atoms with E-state index in [1.807, 2.05) is 30.3 Å². The van der Waals surface area contributed by atoms with E-state index in [0.29, 0.717) is 18.8 Å². The van der Waals surface area contributed by atoms with E-state index in [1.165, 1.54) is 18.4 Å². The Labute approximate surface area is 154 Å². The van der Waals surface area contributed by atoms with E-state index in [2.05, 4.69) is 17.2 Å². The van der Waals surface area contributed by atoms with Gasteiger partial charge in [0.25, 0.3) is 0 Å². The van der Waals surface area contributed by atoms with Crippen molar-refractivity contribution in [2.24, 2.45) is 0 Å². The molecule has 0 aliphatic rings. The van der Waals surface area contributed by atoms with Gasteiger partial charge in [0.05, 0.1) is 12.3 Å². The van der Waals surface area contributed by atoms with Crippen LogP contribution < -0.4 is 4.74 Å². The highest BCUT2D eigenvalue weighted by Crippen LogP contribution is 2.25. The van der Waals surface area contributed by atoms with Crippen LogP contribution in [-0.4, -0.2) is 43.2 Å². The number of nitrogens with zero attached hydrogens (tertiary/aromatic N) is 3. The van der Waals surface area contributed by atoms with Crippen LogP contribution in [0.25, 0.3) is 10.8 Å². The van der Waals surface area contributed by atoms with Crippen LogP contribution in [0.15, 0.2) is 53.6 Å². The number of rotatable bonds is 7. The molecule has 2 aromatic carbocycles. The molecule has 1 aromatic heterocycles. The van der Waals surface area contributed by atoms with Crippen molar-refractivity contribution in [2.75, 3.05) is 20.7 Å². The van der Waals surface area contributed by atoms with Crippen molar-refractivity contribution in [2.45, 2.75) is 24.8 Å². The monoisotopic (exact) mass is 373 g/mol. The molecule has 0 saturated carbocycles. The van der Waals surface area contributed by atoms with Crippen molar-refractivity contribution >= 4 is 20.8 Å². The number of hydrogen-bond donors (Lipinski definition) is 0. The number of fused-ring (bicyclic) bond motifs is 1. The van der Waals surface area contributed by atoms with E-state index >= 15 is 0 Å². The molecule has 6 nitrogen and oxygen atoms in total. The number of benzene rings is 2. The Morgan fingerprint density at radius 3 is 2.62 bits per heavy atom. The van der Waals surface area contributed by atoms with Crippen LogP contribution in [-0.2, 0) is 16.6 Å². The second kappa shape index (κ2) is 7.47. The highest BCUT2D eigenvalue weighted by atomic mass is 32.2. The van der Waals surface area contributed by atoms with Gasteiger partial charge in [-0.05, 0) is 18.4 Å². The van der Waals surface area contributed by atoms with Gasteiger partial charge in [0.1, 0.15) is 10.6 Å². The molecule has 0 aliphatic heterocycles. The Kier molecular flexibility index (Phi) is 5.29. The van der Waals surface area contributed by atoms with Crippen molar-refractivity contribution in [3.63, 3.8) is 0 Å². The number of aromatic nitrogens is 2. The molecule has 0 amide bonds. The fourth-order valence-corrected chi connectivity index (χ4v) is 3.86. The molecule has 0 aliphatic carbocycles. The van der Waals surface area contributed by atoms with Crippen molar-refractivity contribution < 1.29 is 13.2 Å². The summed E-state index contributed by atoms with van der Waals surface area (Å²) in [4.78, 5) is 0.248. The largest absolute Gasteiger partial charge is 0.493 e. The molecule has 1 heterocycles. The lowest BCUT2D eigenvalue weighted by molar-refractivity contribution is 0.302. The van der Waals surface area contributed by atoms with Crippen LogP contribution in [0.4, 0.5) is 0 Å². The third-order valence-electron chi connectivity index (χ3n) is 4.20. The van der Waals surface area contributed by atoms with Gasteiger partial charge in [-0.1, -0.05) is 36.4 Å². The lowest BCUT2D eigenvalue weighted by atomic mass is 10.1. The third kappa shape index (κ3) is 3.73. The molecule has 26 heavy (non-hydrogen) atoms. The minimum atomic E-state index is -3.47. The zero-order valence-electron chi connectivity index (χ0n) is 15.2. The van der Waals surface area contributed by atoms with Gasteiger partial charge in [0, 0.05) is 38.6 Å². The van der Waals surface area contributed by atoms with Crippen molar-refractivity contribution in [3.05, 3.63) is 54.4 Å². The van der Waals surface area contributed by atoms with E-state index in [0.717, 1.165) is 22.9 Å². The van der Waals surface area contributed by atoms with Gasteiger partial charge in [0.2, 0.25) is 10.0 Å². The SMILES string of the molecule is Cc1nn(CCCOc2cccc3ccccc23)cc1S(=O)(=O)N(C)C. The molecule has 0 N–H and O–H groups in total. The van der Waals surface area contributed by atoms with Gasteiger partial charge >= 0.3 is 0 Å². The molecule has 0 radical (unpaired) electrons. The molecule has 0 atom stereocenters. The molecular formula is C19H23N3O3S. The summed E-state index contributed by atoms with van der Waals surface area (Å²) in [5, 5.41) is 6.54. The number of aryl methyl sites for hydroxylation is 2. The molecule has 0 fully saturated rings. The van der Waals surface area contributed by atoms with Gasteiger partial charge in [-0.15, -0.1) is 0 Å². The van der Waals surface area contributed by atoms with Crippen LogP contribution >= 0.6 is 0 Å². The van der Waals surface area contributed by atoms with Crippen LogP contribution in [0.3, 0.4) is 0 Å². The summed E-state index contributed by atoms with van der Waals surface area (Å²) in [7, 11) is -0.430. The number of hydrogen-bond acceptors (Lipinski definition) is 4. The predicted octanol–water partition coefficient (Wildman–Crippen LogP) is 3.06. The van der Waals surface area contributed by atoms with E-state index in [1.54, 1.807) is 17.8 Å². The van der Waals surface area contributed by atoms with Gasteiger partial charge in [-0.2, -0.15) is 5.10 Å². The minimum absolute atomic E-state index is 0.248. The predicted molar refractivity (Wildman–Crippen MR) is 102 cm³/mol. The Hall–Kier alpha value is -2.38. The molecule has 0 spiro atoms. The summed E-state index contributed by atoms with van der Waals surface area (Å²) in [6.45, 7) is 2.83. The normalized spacial score (nSPS) is 12.0. The van der Waals surface area contributed by atoms with Crippen LogP contribution in [0, 0.1) is 6.92 Å². The molecule has 0 bridgehead atoms. The first-order chi connectivity index (χ1) is 12.4. The van der Waals surface area contributed by atoms with Gasteiger partial charge in [0.15, 0.2) is 0 Å². The van der Waals surface area contributed by atoms with Crippen molar-refractivity contribution in [1.29, 1.82) is 0 Å². The molecule has 7 heteroatoms. The maximum Gasteiger partial charge on any atom is 0.245 e. The lowest BCUT2D eigenvalue weighted by Crippen LogP contribution is -2.22. The Bertz CT molecular complexity index is 1000. The first-order valence-corrected chi connectivity index (χ1v) is 9.91. The quantitative estimate of drug-likeness (QED) is 0.597. The van der Waals surface area contributed by atoms with Crippen molar-refractivity contribution in [1.82, 2.24) is 14.1 Å². The van der Waals surface area contributed by atoms with Gasteiger partial charge in [-0.25, -0.2) is 12.7 Å². The van der Waals surface area contributed by atoms with Crippen LogP contribution in [0.2, 0.25) is 0 Å². The molecule has 3 rings (SSSR count). The second-order valence-corrected chi connectivity index (χ2v) is 8.43. The van der Waals surface area contributed by atoms with Gasteiger partial charge in [-0.3, -0.25) is 4.68 Å². The maximum atomic E-state index is 12.3. The third-order valence-corrected chi connectivity index (χ3v) is 6.12. The Balaban J connectivity index is 1.62. The standard InChI is InChI=1S/C19H23N3O3S/c1-15-19(26(23,24)21(2)3)14-22(20-15)12-7-13-25-18-11-6-9-16-8-4-5-10-17(16)18/h4-6,8-11,14H,7,12-13H2,1-3H3. The van der Waals surface area contributed by atoms with Crippen LogP contribution in [0.5, 0.6) is 5.75 Å². The summed E-state index contributed by atoms with van der Waals surface area (Å²) in [5.74, 6) is 0.857. The van der Waals surface area contributed by atoms with E-state index in [-0.39, 0.29) is 4.90 Å². The Morgan fingerprint density at radius 2 is 1.85 bits per heavy atom. The second-order valence-electron chi connectivity index (χ2n) is 6.31. The molecule has 3 aromatic rings. The number of sulfonamides is 1. The van der Waals surface area contributed by atoms with Gasteiger partial charge < -0.3 is 4.74 Å². The summed E-state index contributed by atoms with van der Waals surface area (Å²) in [5.41, 5.74) is 0.508. The van der Waals surface area contributed by atoms with E-state index in [4.69, 9.17) is 4.74 Å². The summed E-state index contributed by atoms with van der Waals surface area (Å²) < 4.78 is 33.3. The van der Waals surface area contributed by atoms with Crippen molar-refractivity contribution in [3.8, 4) is 5.75 Å². The highest BCUT2D eigenvalue weighted by Gasteiger charge is 2.22. The number of ether oxygens (including phenoxy) is 1. The zero-order valence-corrected chi connectivity index (χ0v) is 16.0. The summed E-state index contributed by atoms with van der Waals surface area (Å²) in [6.07, 6.45) is 2.31. The smallest absolute Gasteiger partial charge is 0.245 e. The minimum Gasteiger partial charge on any atom is -0.493 e. The van der Waals surface area contributed by atoms with Crippen LogP contribution in [0.1, 0.15) is 12.1 Å². The molecule has 0 saturated heterocycles. The molecule has 0 unspecified atom stereocenters. The molecular weight excluding hydrogens is 350 g/mol. The van der Waals surface area contributed by atoms with E-state index < -0.39 is 10.0 Å². The first kappa shape index (κ1) is 18.4. The van der Waals surface area contributed by atoms with E-state index in [9.17, 15) is 8.42 Å². The summed E-state index contributed by atoms with van der Waals surface area (Å²) in [6, 6.07) is 14.1. The molecule has 138 valence electrons. The zero-order chi connectivity index (χ0) is 18.7. The Morgan fingerprint density at radius 1 is 1.12 bits per heavy atom. The lowest BCUT2D eigenvalue weighted by Gasteiger charge is -2.10. The average Bonchev–Trinajstić information content (AvgIpc) is 3.00. The first-order valence-electron chi connectivity index (χ1n) is 8.47. The fraction of sp³-hybridized carbons (Fsp3) is 0.316. The fourth-order valence-electron chi connectivity index (χ4n) is 2.79. The average molecular weight is 373 g/mol. The summed E-state index contributed by atoms with van der Waals surface area (Å²) >= 11 is 0. The maximum absolute atomic E-state index is 12.3.